The van der Waals surface area contributed by atoms with Crippen molar-refractivity contribution in [3.8, 4) is 0 Å². The standard InChI is InChI=1S/C10H9BrN2O2S/c1-5(9(14)15)16-10-12-7-3-2-6(11)4-8(7)13-10/h2-5H,1H3,(H,12,13)(H,14,15)/t5-/m0/s1. The van der Waals surface area contributed by atoms with Gasteiger partial charge < -0.3 is 10.1 Å². The number of nitrogens with one attached hydrogen (secondary N) is 1. The van der Waals surface area contributed by atoms with Crippen LogP contribution in [-0.4, -0.2) is 26.3 Å². The Morgan fingerprint density at radius 2 is 2.38 bits per heavy atom. The van der Waals surface area contributed by atoms with Crippen LogP contribution in [-0.2, 0) is 4.79 Å². The number of H-pyrrole nitrogens is 1. The van der Waals surface area contributed by atoms with Crippen molar-refractivity contribution in [1.29, 1.82) is 0 Å². The van der Waals surface area contributed by atoms with Crippen LogP contribution in [0.25, 0.3) is 11.0 Å². The van der Waals surface area contributed by atoms with Crippen LogP contribution in [0.5, 0.6) is 0 Å². The van der Waals surface area contributed by atoms with E-state index in [4.69, 9.17) is 5.11 Å². The minimum Gasteiger partial charge on any atom is -0.480 e. The van der Waals surface area contributed by atoms with E-state index in [0.29, 0.717) is 5.16 Å². The van der Waals surface area contributed by atoms with E-state index in [1.165, 1.54) is 11.8 Å². The SMILES string of the molecule is C[C@H](Sc1nc2ccc(Br)cc2[nH]1)C(=O)O. The number of thioether (sulfide) groups is 1. The molecule has 0 bridgehead atoms. The predicted molar refractivity (Wildman–Crippen MR) is 66.7 cm³/mol. The summed E-state index contributed by atoms with van der Waals surface area (Å²) in [6.45, 7) is 1.64. The molecule has 2 N–H and O–H groups in total. The Morgan fingerprint density at radius 1 is 1.62 bits per heavy atom. The second kappa shape index (κ2) is 4.47. The lowest BCUT2D eigenvalue weighted by Gasteiger charge is -2.00. The first-order valence-electron chi connectivity index (χ1n) is 4.61. The molecule has 0 fully saturated rings. The summed E-state index contributed by atoms with van der Waals surface area (Å²) < 4.78 is 0.964. The molecule has 2 rings (SSSR count). The fraction of sp³-hybridized carbons (Fsp3) is 0.200. The first kappa shape index (κ1) is 11.5. The molecule has 0 aliphatic heterocycles. The summed E-state index contributed by atoms with van der Waals surface area (Å²) in [7, 11) is 0. The number of aromatic amines is 1. The van der Waals surface area contributed by atoms with Crippen molar-refractivity contribution in [2.24, 2.45) is 0 Å². The second-order valence-corrected chi connectivity index (χ2v) is 5.55. The summed E-state index contributed by atoms with van der Waals surface area (Å²) in [5.41, 5.74) is 1.73. The van der Waals surface area contributed by atoms with Gasteiger partial charge in [0.2, 0.25) is 0 Å². The molecule has 1 atom stereocenters. The molecular formula is C10H9BrN2O2S. The van der Waals surface area contributed by atoms with Crippen LogP contribution in [0.2, 0.25) is 0 Å². The second-order valence-electron chi connectivity index (χ2n) is 3.30. The maximum Gasteiger partial charge on any atom is 0.316 e. The summed E-state index contributed by atoms with van der Waals surface area (Å²) in [5, 5.41) is 8.91. The first-order valence-corrected chi connectivity index (χ1v) is 6.28. The van der Waals surface area contributed by atoms with Gasteiger partial charge >= 0.3 is 5.97 Å². The zero-order chi connectivity index (χ0) is 11.7. The number of hydrogen-bond acceptors (Lipinski definition) is 3. The van der Waals surface area contributed by atoms with Gasteiger partial charge in [-0.05, 0) is 25.1 Å². The van der Waals surface area contributed by atoms with Crippen LogP contribution in [0.1, 0.15) is 6.92 Å². The maximum absolute atomic E-state index is 10.7. The number of fused-ring (bicyclic) bond motifs is 1. The molecule has 0 amide bonds. The fourth-order valence-corrected chi connectivity index (χ4v) is 2.35. The zero-order valence-corrected chi connectivity index (χ0v) is 10.8. The molecule has 16 heavy (non-hydrogen) atoms. The Labute approximate surface area is 105 Å². The van der Waals surface area contributed by atoms with Crippen molar-refractivity contribution in [3.05, 3.63) is 22.7 Å². The summed E-state index contributed by atoms with van der Waals surface area (Å²) in [6.07, 6.45) is 0. The Morgan fingerprint density at radius 3 is 3.06 bits per heavy atom. The van der Waals surface area contributed by atoms with Crippen LogP contribution in [0.3, 0.4) is 0 Å². The average Bonchev–Trinajstić information content (AvgIpc) is 2.58. The van der Waals surface area contributed by atoms with E-state index in [-0.39, 0.29) is 0 Å². The van der Waals surface area contributed by atoms with Crippen LogP contribution in [0, 0.1) is 0 Å². The molecule has 2 aromatic rings. The van der Waals surface area contributed by atoms with Crippen molar-refractivity contribution in [2.75, 3.05) is 0 Å². The summed E-state index contributed by atoms with van der Waals surface area (Å²) in [5.74, 6) is -0.841. The van der Waals surface area contributed by atoms with E-state index in [9.17, 15) is 4.79 Å². The molecular weight excluding hydrogens is 292 g/mol. The lowest BCUT2D eigenvalue weighted by atomic mass is 10.3. The van der Waals surface area contributed by atoms with Crippen LogP contribution >= 0.6 is 27.7 Å². The number of nitrogens with zero attached hydrogens (tertiary/aromatic N) is 1. The van der Waals surface area contributed by atoms with Gasteiger partial charge in [0.1, 0.15) is 5.25 Å². The number of hydrogen-bond donors (Lipinski definition) is 2. The highest BCUT2D eigenvalue weighted by Gasteiger charge is 2.14. The molecule has 0 saturated carbocycles. The first-order chi connectivity index (χ1) is 7.56. The quantitative estimate of drug-likeness (QED) is 0.856. The maximum atomic E-state index is 10.7. The molecule has 1 heterocycles. The molecule has 6 heteroatoms. The zero-order valence-electron chi connectivity index (χ0n) is 8.40. The number of aliphatic carboxylic acids is 1. The molecule has 0 aliphatic carbocycles. The molecule has 84 valence electrons. The van der Waals surface area contributed by atoms with Crippen molar-refractivity contribution in [3.63, 3.8) is 0 Å². The Hall–Kier alpha value is -1.01. The van der Waals surface area contributed by atoms with Crippen molar-refractivity contribution in [1.82, 2.24) is 9.97 Å². The van der Waals surface area contributed by atoms with E-state index in [2.05, 4.69) is 25.9 Å². The molecule has 1 aromatic heterocycles. The molecule has 0 saturated heterocycles. The lowest BCUT2D eigenvalue weighted by molar-refractivity contribution is -0.136. The summed E-state index contributed by atoms with van der Waals surface area (Å²) in [6, 6.07) is 5.70. The van der Waals surface area contributed by atoms with Gasteiger partial charge in [-0.2, -0.15) is 0 Å². The number of carbonyl (C=O) groups is 1. The van der Waals surface area contributed by atoms with Gasteiger partial charge in [0, 0.05) is 4.47 Å². The number of imidazole rings is 1. The number of carboxylic acid groups (broad SMARTS) is 1. The van der Waals surface area contributed by atoms with E-state index < -0.39 is 11.2 Å². The number of carboxylic acids is 1. The van der Waals surface area contributed by atoms with E-state index in [1.807, 2.05) is 18.2 Å². The minimum atomic E-state index is -0.841. The van der Waals surface area contributed by atoms with Crippen LogP contribution < -0.4 is 0 Å². The summed E-state index contributed by atoms with van der Waals surface area (Å²) >= 11 is 4.57. The lowest BCUT2D eigenvalue weighted by Crippen LogP contribution is -2.11. The van der Waals surface area contributed by atoms with Crippen molar-refractivity contribution < 1.29 is 9.90 Å². The van der Waals surface area contributed by atoms with Gasteiger partial charge in [0.25, 0.3) is 0 Å². The minimum absolute atomic E-state index is 0.510. The number of benzene rings is 1. The van der Waals surface area contributed by atoms with Crippen LogP contribution in [0.15, 0.2) is 27.8 Å². The highest BCUT2D eigenvalue weighted by atomic mass is 79.9. The van der Waals surface area contributed by atoms with Gasteiger partial charge in [-0.15, -0.1) is 0 Å². The van der Waals surface area contributed by atoms with Gasteiger partial charge in [-0.1, -0.05) is 27.7 Å². The fourth-order valence-electron chi connectivity index (χ4n) is 1.23. The third-order valence-corrected chi connectivity index (χ3v) is 3.52. The molecule has 0 radical (unpaired) electrons. The monoisotopic (exact) mass is 300 g/mol. The Balaban J connectivity index is 2.29. The summed E-state index contributed by atoms with van der Waals surface area (Å²) in [4.78, 5) is 18.1. The molecule has 0 aliphatic rings. The highest BCUT2D eigenvalue weighted by Crippen LogP contribution is 2.25. The normalized spacial score (nSPS) is 12.9. The Bertz CT molecular complexity index is 541. The molecule has 4 nitrogen and oxygen atoms in total. The van der Waals surface area contributed by atoms with Crippen LogP contribution in [0.4, 0.5) is 0 Å². The molecule has 0 spiro atoms. The van der Waals surface area contributed by atoms with Crippen molar-refractivity contribution >= 4 is 44.7 Å². The largest absolute Gasteiger partial charge is 0.480 e. The average molecular weight is 301 g/mol. The number of aromatic nitrogens is 2. The number of rotatable bonds is 3. The molecule has 0 unspecified atom stereocenters. The van der Waals surface area contributed by atoms with Gasteiger partial charge in [0.15, 0.2) is 5.16 Å². The number of halogens is 1. The van der Waals surface area contributed by atoms with Gasteiger partial charge in [-0.3, -0.25) is 4.79 Å². The Kier molecular flexibility index (Phi) is 3.20. The topological polar surface area (TPSA) is 66.0 Å². The highest BCUT2D eigenvalue weighted by molar-refractivity contribution is 9.10. The van der Waals surface area contributed by atoms with Gasteiger partial charge in [-0.25, -0.2) is 4.98 Å². The van der Waals surface area contributed by atoms with E-state index in [1.54, 1.807) is 6.92 Å². The third kappa shape index (κ3) is 2.38. The van der Waals surface area contributed by atoms with E-state index in [0.717, 1.165) is 15.5 Å². The molecule has 1 aromatic carbocycles. The third-order valence-electron chi connectivity index (χ3n) is 2.06. The predicted octanol–water partition coefficient (Wildman–Crippen LogP) is 2.89. The smallest absolute Gasteiger partial charge is 0.316 e. The van der Waals surface area contributed by atoms with Gasteiger partial charge in [0.05, 0.1) is 11.0 Å². The van der Waals surface area contributed by atoms with E-state index >= 15 is 0 Å². The van der Waals surface area contributed by atoms with Crippen molar-refractivity contribution in [2.45, 2.75) is 17.3 Å².